The average Bonchev–Trinajstić information content (AvgIpc) is 2.22. The third-order valence-electron chi connectivity index (χ3n) is 2.69. The molecule has 0 saturated heterocycles. The van der Waals surface area contributed by atoms with E-state index in [0.717, 1.165) is 24.0 Å². The number of Topliss-reactive ketones (excluding diaryl/α,β-unsaturated/α-hetero) is 1. The summed E-state index contributed by atoms with van der Waals surface area (Å²) in [5.41, 5.74) is 3.15. The van der Waals surface area contributed by atoms with E-state index in [1.165, 1.54) is 5.56 Å². The van der Waals surface area contributed by atoms with Crippen molar-refractivity contribution in [2.24, 2.45) is 0 Å². The Kier molecular flexibility index (Phi) is 4.83. The molecule has 0 unspecified atom stereocenters. The number of hydrogen-bond acceptors (Lipinski definition) is 1. The molecule has 15 heavy (non-hydrogen) atoms. The fourth-order valence-electron chi connectivity index (χ4n) is 1.57. The number of carbonyl (C=O) groups is 1. The van der Waals surface area contributed by atoms with E-state index in [4.69, 9.17) is 11.6 Å². The number of halogens is 1. The van der Waals surface area contributed by atoms with Gasteiger partial charge in [0.2, 0.25) is 0 Å². The lowest BCUT2D eigenvalue weighted by atomic mass is 9.98. The highest BCUT2D eigenvalue weighted by Gasteiger charge is 2.09. The molecular weight excluding hydrogens is 208 g/mol. The van der Waals surface area contributed by atoms with E-state index in [0.29, 0.717) is 12.3 Å². The third kappa shape index (κ3) is 3.35. The van der Waals surface area contributed by atoms with Gasteiger partial charge in [0.1, 0.15) is 0 Å². The van der Waals surface area contributed by atoms with Crippen LogP contribution in [0.1, 0.15) is 40.7 Å². The molecule has 1 aromatic carbocycles. The summed E-state index contributed by atoms with van der Waals surface area (Å²) in [6.07, 6.45) is 2.41. The van der Waals surface area contributed by atoms with Crippen molar-refractivity contribution in [1.82, 2.24) is 0 Å². The Balaban J connectivity index is 2.69. The molecule has 1 nitrogen and oxygen atoms in total. The zero-order chi connectivity index (χ0) is 11.3. The summed E-state index contributed by atoms with van der Waals surface area (Å²) in [5.74, 6) is 0.876. The van der Waals surface area contributed by atoms with Crippen LogP contribution >= 0.6 is 11.6 Å². The number of ketones is 1. The SMILES string of the molecule is Cc1cccc(C(=O)CCCCCl)c1C. The van der Waals surface area contributed by atoms with Crippen molar-refractivity contribution in [3.63, 3.8) is 0 Å². The van der Waals surface area contributed by atoms with E-state index in [9.17, 15) is 4.79 Å². The van der Waals surface area contributed by atoms with Crippen LogP contribution in [0.2, 0.25) is 0 Å². The Labute approximate surface area is 96.5 Å². The van der Waals surface area contributed by atoms with Crippen LogP contribution in [0.3, 0.4) is 0 Å². The number of benzene rings is 1. The first-order valence-corrected chi connectivity index (χ1v) is 5.85. The molecule has 1 aromatic rings. The maximum atomic E-state index is 11.8. The molecule has 0 aliphatic carbocycles. The number of unbranched alkanes of at least 4 members (excludes halogenated alkanes) is 1. The second kappa shape index (κ2) is 5.92. The minimum Gasteiger partial charge on any atom is -0.294 e. The van der Waals surface area contributed by atoms with Crippen LogP contribution < -0.4 is 0 Å². The lowest BCUT2D eigenvalue weighted by molar-refractivity contribution is 0.0979. The molecule has 82 valence electrons. The molecule has 0 aromatic heterocycles. The number of rotatable bonds is 5. The zero-order valence-electron chi connectivity index (χ0n) is 9.35. The van der Waals surface area contributed by atoms with Crippen LogP contribution in [0, 0.1) is 13.8 Å². The quantitative estimate of drug-likeness (QED) is 0.421. The summed E-state index contributed by atoms with van der Waals surface area (Å²) in [5, 5.41) is 0. The van der Waals surface area contributed by atoms with Crippen molar-refractivity contribution in [1.29, 1.82) is 0 Å². The third-order valence-corrected chi connectivity index (χ3v) is 2.96. The minimum absolute atomic E-state index is 0.237. The molecule has 0 atom stereocenters. The molecule has 0 amide bonds. The Morgan fingerprint density at radius 3 is 2.67 bits per heavy atom. The number of aryl methyl sites for hydroxylation is 1. The molecule has 0 spiro atoms. The Bertz CT molecular complexity index is 344. The molecule has 0 aliphatic rings. The Morgan fingerprint density at radius 2 is 2.00 bits per heavy atom. The summed E-state index contributed by atoms with van der Waals surface area (Å²) in [4.78, 5) is 11.8. The van der Waals surface area contributed by atoms with Crippen LogP contribution in [-0.4, -0.2) is 11.7 Å². The fourth-order valence-corrected chi connectivity index (χ4v) is 1.76. The standard InChI is InChI=1S/C13H17ClO/c1-10-6-5-7-12(11(10)2)13(15)8-3-4-9-14/h5-7H,3-4,8-9H2,1-2H3. The molecule has 0 aliphatic heterocycles. The number of alkyl halides is 1. The molecule has 1 rings (SSSR count). The molecule has 2 heteroatoms. The van der Waals surface area contributed by atoms with Gasteiger partial charge in [-0.15, -0.1) is 11.6 Å². The van der Waals surface area contributed by atoms with E-state index >= 15 is 0 Å². The summed E-state index contributed by atoms with van der Waals surface area (Å²) in [6.45, 7) is 4.04. The lowest BCUT2D eigenvalue weighted by Crippen LogP contribution is -2.02. The molecule has 0 bridgehead atoms. The van der Waals surface area contributed by atoms with Crippen LogP contribution in [0.5, 0.6) is 0 Å². The van der Waals surface area contributed by atoms with E-state index < -0.39 is 0 Å². The van der Waals surface area contributed by atoms with E-state index in [1.54, 1.807) is 0 Å². The maximum Gasteiger partial charge on any atom is 0.163 e. The topological polar surface area (TPSA) is 17.1 Å². The molecule has 0 saturated carbocycles. The van der Waals surface area contributed by atoms with Gasteiger partial charge in [-0.3, -0.25) is 4.79 Å². The van der Waals surface area contributed by atoms with Gasteiger partial charge in [0.25, 0.3) is 0 Å². The van der Waals surface area contributed by atoms with Gasteiger partial charge in [0.05, 0.1) is 0 Å². The summed E-state index contributed by atoms with van der Waals surface area (Å²) < 4.78 is 0. The normalized spacial score (nSPS) is 10.3. The van der Waals surface area contributed by atoms with Gasteiger partial charge < -0.3 is 0 Å². The maximum absolute atomic E-state index is 11.8. The van der Waals surface area contributed by atoms with Gasteiger partial charge in [0, 0.05) is 17.9 Å². The van der Waals surface area contributed by atoms with Gasteiger partial charge in [-0.25, -0.2) is 0 Å². The van der Waals surface area contributed by atoms with Crippen LogP contribution in [0.25, 0.3) is 0 Å². The fraction of sp³-hybridized carbons (Fsp3) is 0.462. The van der Waals surface area contributed by atoms with Crippen molar-refractivity contribution >= 4 is 17.4 Å². The van der Waals surface area contributed by atoms with Crippen molar-refractivity contribution in [3.8, 4) is 0 Å². The van der Waals surface area contributed by atoms with E-state index in [-0.39, 0.29) is 5.78 Å². The number of carbonyl (C=O) groups excluding carboxylic acids is 1. The van der Waals surface area contributed by atoms with Crippen molar-refractivity contribution < 1.29 is 4.79 Å². The largest absolute Gasteiger partial charge is 0.294 e. The van der Waals surface area contributed by atoms with Crippen LogP contribution in [0.4, 0.5) is 0 Å². The predicted molar refractivity (Wildman–Crippen MR) is 64.8 cm³/mol. The lowest BCUT2D eigenvalue weighted by Gasteiger charge is -2.06. The minimum atomic E-state index is 0.237. The van der Waals surface area contributed by atoms with Crippen molar-refractivity contribution in [3.05, 3.63) is 34.9 Å². The van der Waals surface area contributed by atoms with Crippen LogP contribution in [-0.2, 0) is 0 Å². The van der Waals surface area contributed by atoms with E-state index in [2.05, 4.69) is 0 Å². The van der Waals surface area contributed by atoms with Gasteiger partial charge in [0.15, 0.2) is 5.78 Å². The van der Waals surface area contributed by atoms with Gasteiger partial charge >= 0.3 is 0 Å². The van der Waals surface area contributed by atoms with Crippen molar-refractivity contribution in [2.45, 2.75) is 33.1 Å². The summed E-state index contributed by atoms with van der Waals surface area (Å²) >= 11 is 5.58. The number of hydrogen-bond donors (Lipinski definition) is 0. The van der Waals surface area contributed by atoms with E-state index in [1.807, 2.05) is 32.0 Å². The van der Waals surface area contributed by atoms with Crippen LogP contribution in [0.15, 0.2) is 18.2 Å². The highest BCUT2D eigenvalue weighted by atomic mass is 35.5. The first-order chi connectivity index (χ1) is 7.16. The molecule has 0 N–H and O–H groups in total. The highest BCUT2D eigenvalue weighted by molar-refractivity contribution is 6.17. The second-order valence-electron chi connectivity index (χ2n) is 3.82. The molecule has 0 heterocycles. The van der Waals surface area contributed by atoms with Crippen molar-refractivity contribution in [2.75, 3.05) is 5.88 Å². The smallest absolute Gasteiger partial charge is 0.163 e. The molecule has 0 fully saturated rings. The monoisotopic (exact) mass is 224 g/mol. The molecular formula is C13H17ClO. The Morgan fingerprint density at radius 1 is 1.27 bits per heavy atom. The highest BCUT2D eigenvalue weighted by Crippen LogP contribution is 2.15. The first kappa shape index (κ1) is 12.3. The van der Waals surface area contributed by atoms with Gasteiger partial charge in [-0.05, 0) is 37.8 Å². The summed E-state index contributed by atoms with van der Waals surface area (Å²) in [6, 6.07) is 5.88. The molecule has 0 radical (unpaired) electrons. The van der Waals surface area contributed by atoms with Gasteiger partial charge in [-0.1, -0.05) is 18.2 Å². The average molecular weight is 225 g/mol. The first-order valence-electron chi connectivity index (χ1n) is 5.32. The Hall–Kier alpha value is -0.820. The van der Waals surface area contributed by atoms with Gasteiger partial charge in [-0.2, -0.15) is 0 Å². The zero-order valence-corrected chi connectivity index (χ0v) is 10.1. The summed E-state index contributed by atoms with van der Waals surface area (Å²) in [7, 11) is 0. The second-order valence-corrected chi connectivity index (χ2v) is 4.19. The predicted octanol–water partition coefficient (Wildman–Crippen LogP) is 3.90.